The molecule has 0 spiro atoms. The summed E-state index contributed by atoms with van der Waals surface area (Å²) in [4.78, 5) is 0. The summed E-state index contributed by atoms with van der Waals surface area (Å²) in [5.41, 5.74) is 2.15. The fourth-order valence-electron chi connectivity index (χ4n) is 1.88. The van der Waals surface area contributed by atoms with E-state index in [0.29, 0.717) is 0 Å². The maximum atomic E-state index is 4.71. The lowest BCUT2D eigenvalue weighted by molar-refractivity contribution is 0.301. The van der Waals surface area contributed by atoms with Gasteiger partial charge in [0, 0.05) is 30.8 Å². The van der Waals surface area contributed by atoms with E-state index in [0.717, 1.165) is 17.6 Å². The van der Waals surface area contributed by atoms with Crippen molar-refractivity contribution in [2.45, 2.75) is 13.5 Å². The number of hydrogen-bond donors (Lipinski definition) is 0. The van der Waals surface area contributed by atoms with Crippen LogP contribution in [0, 0.1) is 18.4 Å². The predicted octanol–water partition coefficient (Wildman–Crippen LogP) is 3.25. The van der Waals surface area contributed by atoms with Crippen LogP contribution in [0.5, 0.6) is 0 Å². The number of aromatic nitrogens is 1. The van der Waals surface area contributed by atoms with Gasteiger partial charge in [0.05, 0.1) is 5.52 Å². The van der Waals surface area contributed by atoms with Crippen LogP contribution in [-0.2, 0) is 11.3 Å². The summed E-state index contributed by atoms with van der Waals surface area (Å²) >= 11 is 0. The molecule has 0 amide bonds. The molecule has 2 nitrogen and oxygen atoms in total. The van der Waals surface area contributed by atoms with Crippen molar-refractivity contribution in [1.82, 2.24) is 4.57 Å². The van der Waals surface area contributed by atoms with Gasteiger partial charge in [0.15, 0.2) is 0 Å². The zero-order chi connectivity index (χ0) is 12.8. The van der Waals surface area contributed by atoms with Crippen LogP contribution in [0.15, 0.2) is 42.6 Å². The third-order valence-corrected chi connectivity index (χ3v) is 2.68. The van der Waals surface area contributed by atoms with Crippen molar-refractivity contribution in [3.8, 4) is 11.8 Å². The van der Waals surface area contributed by atoms with E-state index in [1.807, 2.05) is 25.1 Å². The van der Waals surface area contributed by atoms with E-state index in [1.54, 1.807) is 7.11 Å². The number of nitrogens with zero attached hydrogens (tertiary/aromatic N) is 1. The van der Waals surface area contributed by atoms with Crippen molar-refractivity contribution in [3.05, 3.63) is 54.8 Å². The van der Waals surface area contributed by atoms with Crippen LogP contribution in [-0.4, -0.2) is 11.7 Å². The molecule has 1 aromatic carbocycles. The Labute approximate surface area is 108 Å². The Kier molecular flexibility index (Phi) is 4.22. The summed E-state index contributed by atoms with van der Waals surface area (Å²) in [7, 11) is 1.55. The SMILES string of the molecule is C/C=C/Cn1ccc2cccc(C#C[C]OC)c21. The summed E-state index contributed by atoms with van der Waals surface area (Å²) < 4.78 is 6.90. The van der Waals surface area contributed by atoms with Crippen molar-refractivity contribution >= 4 is 10.9 Å². The van der Waals surface area contributed by atoms with Crippen molar-refractivity contribution in [2.24, 2.45) is 0 Å². The molecule has 0 aliphatic heterocycles. The lowest BCUT2D eigenvalue weighted by Gasteiger charge is -2.03. The highest BCUT2D eigenvalue weighted by Crippen LogP contribution is 2.19. The molecule has 18 heavy (non-hydrogen) atoms. The third kappa shape index (κ3) is 2.64. The fraction of sp³-hybridized carbons (Fsp3) is 0.188. The molecular weight excluding hydrogens is 222 g/mol. The van der Waals surface area contributed by atoms with Gasteiger partial charge in [-0.3, -0.25) is 0 Å². The summed E-state index contributed by atoms with van der Waals surface area (Å²) in [5, 5.41) is 1.20. The van der Waals surface area contributed by atoms with Gasteiger partial charge in [-0.2, -0.15) is 0 Å². The van der Waals surface area contributed by atoms with Gasteiger partial charge in [0.25, 0.3) is 0 Å². The van der Waals surface area contributed by atoms with E-state index in [1.165, 1.54) is 5.39 Å². The van der Waals surface area contributed by atoms with Crippen LogP contribution in [0.2, 0.25) is 0 Å². The first-order valence-electron chi connectivity index (χ1n) is 5.85. The molecule has 2 radical (unpaired) electrons. The lowest BCUT2D eigenvalue weighted by Crippen LogP contribution is -1.94. The van der Waals surface area contributed by atoms with Gasteiger partial charge in [0.2, 0.25) is 6.61 Å². The Hall–Kier alpha value is -1.98. The maximum absolute atomic E-state index is 4.71. The molecule has 0 N–H and O–H groups in total. The largest absolute Gasteiger partial charge is 0.358 e. The van der Waals surface area contributed by atoms with Gasteiger partial charge >= 0.3 is 0 Å². The molecule has 0 aliphatic rings. The molecule has 0 unspecified atom stereocenters. The van der Waals surface area contributed by atoms with Gasteiger partial charge < -0.3 is 9.30 Å². The van der Waals surface area contributed by atoms with Crippen molar-refractivity contribution in [2.75, 3.05) is 7.11 Å². The molecule has 90 valence electrons. The van der Waals surface area contributed by atoms with E-state index in [2.05, 4.69) is 47.4 Å². The minimum absolute atomic E-state index is 0.858. The molecule has 0 bridgehead atoms. The van der Waals surface area contributed by atoms with Crippen molar-refractivity contribution < 1.29 is 4.74 Å². The van der Waals surface area contributed by atoms with Crippen LogP contribution in [0.1, 0.15) is 12.5 Å². The normalized spacial score (nSPS) is 10.8. The van der Waals surface area contributed by atoms with Gasteiger partial charge in [0.1, 0.15) is 0 Å². The zero-order valence-electron chi connectivity index (χ0n) is 10.6. The molecule has 0 saturated carbocycles. The molecule has 0 atom stereocenters. The average molecular weight is 237 g/mol. The average Bonchev–Trinajstić information content (AvgIpc) is 2.81. The molecule has 0 saturated heterocycles. The molecule has 2 heteroatoms. The number of methoxy groups -OCH3 is 1. The highest BCUT2D eigenvalue weighted by Gasteiger charge is 2.03. The van der Waals surface area contributed by atoms with Crippen LogP contribution in [0.3, 0.4) is 0 Å². The molecular formula is C16H15NO. The van der Waals surface area contributed by atoms with E-state index >= 15 is 0 Å². The summed E-state index contributed by atoms with van der Waals surface area (Å²) in [6.45, 7) is 5.41. The molecule has 2 aromatic rings. The second kappa shape index (κ2) is 6.09. The first kappa shape index (κ1) is 12.5. The van der Waals surface area contributed by atoms with Gasteiger partial charge in [-0.1, -0.05) is 36.1 Å². The van der Waals surface area contributed by atoms with E-state index in [-0.39, 0.29) is 0 Å². The fourth-order valence-corrected chi connectivity index (χ4v) is 1.88. The Bertz CT molecular complexity index is 611. The predicted molar refractivity (Wildman–Crippen MR) is 73.9 cm³/mol. The van der Waals surface area contributed by atoms with Crippen LogP contribution in [0.4, 0.5) is 0 Å². The van der Waals surface area contributed by atoms with Gasteiger partial charge in [-0.25, -0.2) is 0 Å². The van der Waals surface area contributed by atoms with Crippen LogP contribution < -0.4 is 0 Å². The first-order chi connectivity index (χ1) is 8.86. The minimum atomic E-state index is 0.858. The summed E-state index contributed by atoms with van der Waals surface area (Å²) in [5.74, 6) is 5.82. The number of ether oxygens (including phenoxy) is 1. The number of allylic oxidation sites excluding steroid dienone is 2. The third-order valence-electron chi connectivity index (χ3n) is 2.68. The number of para-hydroxylation sites is 1. The van der Waals surface area contributed by atoms with E-state index in [9.17, 15) is 0 Å². The second-order valence-electron chi connectivity index (χ2n) is 3.84. The summed E-state index contributed by atoms with van der Waals surface area (Å²) in [6.07, 6.45) is 6.25. The standard InChI is InChI=1S/C16H15NO/c1-3-4-11-17-12-10-15-8-5-7-14(16(15)17)9-6-13-18-2/h3-5,7-8,10,12H,11H2,1-2H3/b4-3+. The topological polar surface area (TPSA) is 14.2 Å². The number of hydrogen-bond acceptors (Lipinski definition) is 1. The van der Waals surface area contributed by atoms with Crippen LogP contribution >= 0.6 is 0 Å². The van der Waals surface area contributed by atoms with E-state index < -0.39 is 0 Å². The molecule has 1 heterocycles. The molecule has 0 aliphatic carbocycles. The highest BCUT2D eigenvalue weighted by atomic mass is 16.5. The van der Waals surface area contributed by atoms with Gasteiger partial charge in [-0.15, -0.1) is 0 Å². The Balaban J connectivity index is 2.46. The Morgan fingerprint density at radius 2 is 2.22 bits per heavy atom. The molecule has 0 fully saturated rings. The van der Waals surface area contributed by atoms with Crippen LogP contribution in [0.25, 0.3) is 10.9 Å². The number of rotatable bonds is 3. The first-order valence-corrected chi connectivity index (χ1v) is 5.85. The molecule has 1 aromatic heterocycles. The minimum Gasteiger partial charge on any atom is -0.358 e. The number of fused-ring (bicyclic) bond motifs is 1. The zero-order valence-corrected chi connectivity index (χ0v) is 10.6. The summed E-state index contributed by atoms with van der Waals surface area (Å²) in [6, 6.07) is 8.22. The maximum Gasteiger partial charge on any atom is 0.217 e. The molecule has 2 rings (SSSR count). The Morgan fingerprint density at radius 3 is 3.00 bits per heavy atom. The number of benzene rings is 1. The van der Waals surface area contributed by atoms with Crippen molar-refractivity contribution in [1.29, 1.82) is 0 Å². The second-order valence-corrected chi connectivity index (χ2v) is 3.84. The van der Waals surface area contributed by atoms with Gasteiger partial charge in [-0.05, 0) is 19.1 Å². The van der Waals surface area contributed by atoms with Crippen molar-refractivity contribution in [3.63, 3.8) is 0 Å². The smallest absolute Gasteiger partial charge is 0.217 e. The highest BCUT2D eigenvalue weighted by molar-refractivity contribution is 5.86. The monoisotopic (exact) mass is 237 g/mol. The Morgan fingerprint density at radius 1 is 1.33 bits per heavy atom. The lowest BCUT2D eigenvalue weighted by atomic mass is 10.1. The van der Waals surface area contributed by atoms with E-state index in [4.69, 9.17) is 4.74 Å². The quantitative estimate of drug-likeness (QED) is 0.590.